The monoisotopic (exact) mass is 206 g/mol. The van der Waals surface area contributed by atoms with E-state index in [1.54, 1.807) is 0 Å². The van der Waals surface area contributed by atoms with E-state index in [4.69, 9.17) is 11.6 Å². The topological polar surface area (TPSA) is 17.1 Å². The molecule has 1 aromatic carbocycles. The second-order valence-electron chi connectivity index (χ2n) is 4.31. The highest BCUT2D eigenvalue weighted by molar-refractivity contribution is 6.30. The number of aryl methyl sites for hydroxylation is 1. The van der Waals surface area contributed by atoms with Crippen molar-refractivity contribution >= 4 is 17.4 Å². The number of rotatable bonds is 0. The second kappa shape index (κ2) is 2.60. The summed E-state index contributed by atoms with van der Waals surface area (Å²) in [4.78, 5) is 11.8. The van der Waals surface area contributed by atoms with Crippen molar-refractivity contribution in [2.45, 2.75) is 31.1 Å². The molecule has 1 saturated carbocycles. The largest absolute Gasteiger partial charge is 0.299 e. The molecule has 1 aromatic rings. The summed E-state index contributed by atoms with van der Waals surface area (Å²) in [6.45, 7) is 0. The summed E-state index contributed by atoms with van der Waals surface area (Å²) in [5, 5.41) is 0.754. The normalized spacial score (nSPS) is 22.2. The average Bonchev–Trinajstić information content (AvgIpc) is 2.94. The van der Waals surface area contributed by atoms with E-state index >= 15 is 0 Å². The SMILES string of the molecule is O=C1CCc2ccc(Cl)cc2C12CC2. The van der Waals surface area contributed by atoms with Crippen molar-refractivity contribution in [2.24, 2.45) is 0 Å². The molecule has 1 nitrogen and oxygen atoms in total. The molecule has 3 rings (SSSR count). The Labute approximate surface area is 88.1 Å². The Kier molecular flexibility index (Phi) is 1.58. The zero-order valence-corrected chi connectivity index (χ0v) is 8.60. The van der Waals surface area contributed by atoms with Gasteiger partial charge in [-0.05, 0) is 42.5 Å². The smallest absolute Gasteiger partial charge is 0.143 e. The number of hydrogen-bond acceptors (Lipinski definition) is 1. The van der Waals surface area contributed by atoms with Gasteiger partial charge in [0, 0.05) is 11.4 Å². The highest BCUT2D eigenvalue weighted by Crippen LogP contribution is 2.53. The molecule has 0 heterocycles. The summed E-state index contributed by atoms with van der Waals surface area (Å²) in [6, 6.07) is 5.98. The molecule has 0 radical (unpaired) electrons. The lowest BCUT2D eigenvalue weighted by Gasteiger charge is -2.24. The first-order valence-corrected chi connectivity index (χ1v) is 5.42. The summed E-state index contributed by atoms with van der Waals surface area (Å²) < 4.78 is 0. The van der Waals surface area contributed by atoms with Crippen LogP contribution >= 0.6 is 11.6 Å². The fourth-order valence-corrected chi connectivity index (χ4v) is 2.70. The number of carbonyl (C=O) groups is 1. The van der Waals surface area contributed by atoms with E-state index in [2.05, 4.69) is 6.07 Å². The van der Waals surface area contributed by atoms with Crippen LogP contribution in [0, 0.1) is 0 Å². The van der Waals surface area contributed by atoms with Gasteiger partial charge in [-0.1, -0.05) is 17.7 Å². The standard InChI is InChI=1S/C12H11ClO/c13-9-3-1-8-2-4-11(14)12(5-6-12)10(8)7-9/h1,3,7H,2,4-6H2. The van der Waals surface area contributed by atoms with Crippen LogP contribution in [0.25, 0.3) is 0 Å². The Morgan fingerprint density at radius 3 is 2.71 bits per heavy atom. The van der Waals surface area contributed by atoms with Crippen molar-refractivity contribution in [1.29, 1.82) is 0 Å². The van der Waals surface area contributed by atoms with Crippen LogP contribution in [0.4, 0.5) is 0 Å². The third kappa shape index (κ3) is 0.992. The lowest BCUT2D eigenvalue weighted by atomic mass is 9.79. The third-order valence-corrected chi connectivity index (χ3v) is 3.73. The number of halogens is 1. The molecule has 0 atom stereocenters. The van der Waals surface area contributed by atoms with Crippen molar-refractivity contribution in [3.05, 3.63) is 34.3 Å². The maximum atomic E-state index is 11.8. The van der Waals surface area contributed by atoms with Gasteiger partial charge in [-0.3, -0.25) is 4.79 Å². The summed E-state index contributed by atoms with van der Waals surface area (Å²) in [6.07, 6.45) is 3.67. The van der Waals surface area contributed by atoms with E-state index in [1.165, 1.54) is 11.1 Å². The van der Waals surface area contributed by atoms with E-state index in [9.17, 15) is 4.79 Å². The van der Waals surface area contributed by atoms with E-state index < -0.39 is 0 Å². The molecule has 2 aliphatic rings. The van der Waals surface area contributed by atoms with Gasteiger partial charge < -0.3 is 0 Å². The number of hydrogen-bond donors (Lipinski definition) is 0. The van der Waals surface area contributed by atoms with E-state index in [-0.39, 0.29) is 5.41 Å². The van der Waals surface area contributed by atoms with E-state index in [1.807, 2.05) is 12.1 Å². The Morgan fingerprint density at radius 2 is 2.00 bits per heavy atom. The zero-order chi connectivity index (χ0) is 9.76. The highest BCUT2D eigenvalue weighted by Gasteiger charge is 2.53. The zero-order valence-electron chi connectivity index (χ0n) is 7.85. The van der Waals surface area contributed by atoms with Crippen LogP contribution in [-0.2, 0) is 16.6 Å². The predicted molar refractivity (Wildman–Crippen MR) is 55.7 cm³/mol. The summed E-state index contributed by atoms with van der Waals surface area (Å²) in [5.41, 5.74) is 2.42. The van der Waals surface area contributed by atoms with Gasteiger partial charge >= 0.3 is 0 Å². The summed E-state index contributed by atoms with van der Waals surface area (Å²) in [7, 11) is 0. The van der Waals surface area contributed by atoms with Gasteiger partial charge in [-0.15, -0.1) is 0 Å². The van der Waals surface area contributed by atoms with Crippen LogP contribution in [0.3, 0.4) is 0 Å². The molecule has 14 heavy (non-hydrogen) atoms. The molecular weight excluding hydrogens is 196 g/mol. The Bertz CT molecular complexity index is 418. The first kappa shape index (κ1) is 8.49. The van der Waals surface area contributed by atoms with Crippen molar-refractivity contribution in [3.63, 3.8) is 0 Å². The minimum atomic E-state index is -0.113. The fraction of sp³-hybridized carbons (Fsp3) is 0.417. The van der Waals surface area contributed by atoms with E-state index in [0.717, 1.165) is 24.3 Å². The van der Waals surface area contributed by atoms with Crippen LogP contribution in [0.15, 0.2) is 18.2 Å². The van der Waals surface area contributed by atoms with E-state index in [0.29, 0.717) is 12.2 Å². The maximum absolute atomic E-state index is 11.8. The molecule has 0 saturated heterocycles. The van der Waals surface area contributed by atoms with Crippen molar-refractivity contribution in [3.8, 4) is 0 Å². The second-order valence-corrected chi connectivity index (χ2v) is 4.74. The molecule has 0 bridgehead atoms. The van der Waals surface area contributed by atoms with Gasteiger partial charge in [0.25, 0.3) is 0 Å². The van der Waals surface area contributed by atoms with Crippen LogP contribution in [0.5, 0.6) is 0 Å². The molecule has 2 heteroatoms. The van der Waals surface area contributed by atoms with Crippen LogP contribution in [0.2, 0.25) is 5.02 Å². The van der Waals surface area contributed by atoms with Crippen LogP contribution in [-0.4, -0.2) is 5.78 Å². The third-order valence-electron chi connectivity index (χ3n) is 3.49. The lowest BCUT2D eigenvalue weighted by Crippen LogP contribution is -2.27. The van der Waals surface area contributed by atoms with Crippen molar-refractivity contribution in [1.82, 2.24) is 0 Å². The molecule has 0 N–H and O–H groups in total. The number of benzene rings is 1. The molecule has 0 amide bonds. The number of ketones is 1. The molecule has 0 unspecified atom stereocenters. The maximum Gasteiger partial charge on any atom is 0.143 e. The molecule has 2 aliphatic carbocycles. The fourth-order valence-electron chi connectivity index (χ4n) is 2.52. The van der Waals surface area contributed by atoms with Crippen LogP contribution < -0.4 is 0 Å². The Hall–Kier alpha value is -0.820. The van der Waals surface area contributed by atoms with Gasteiger partial charge in [0.15, 0.2) is 0 Å². The Balaban J connectivity index is 2.20. The Morgan fingerprint density at radius 1 is 1.21 bits per heavy atom. The first-order chi connectivity index (χ1) is 6.72. The van der Waals surface area contributed by atoms with Gasteiger partial charge in [0.2, 0.25) is 0 Å². The summed E-state index contributed by atoms with van der Waals surface area (Å²) in [5.74, 6) is 0.423. The van der Waals surface area contributed by atoms with Crippen molar-refractivity contribution in [2.75, 3.05) is 0 Å². The minimum absolute atomic E-state index is 0.113. The quantitative estimate of drug-likeness (QED) is 0.638. The number of Topliss-reactive ketones (excluding diaryl/α,β-unsaturated/α-hetero) is 1. The van der Waals surface area contributed by atoms with Gasteiger partial charge in [0.05, 0.1) is 5.41 Å². The minimum Gasteiger partial charge on any atom is -0.299 e. The molecule has 0 aromatic heterocycles. The summed E-state index contributed by atoms with van der Waals surface area (Å²) >= 11 is 5.97. The van der Waals surface area contributed by atoms with Gasteiger partial charge in [0.1, 0.15) is 5.78 Å². The van der Waals surface area contributed by atoms with Gasteiger partial charge in [-0.2, -0.15) is 0 Å². The van der Waals surface area contributed by atoms with Crippen molar-refractivity contribution < 1.29 is 4.79 Å². The number of carbonyl (C=O) groups excluding carboxylic acids is 1. The predicted octanol–water partition coefficient (Wildman–Crippen LogP) is 2.89. The average molecular weight is 207 g/mol. The molecule has 72 valence electrons. The first-order valence-electron chi connectivity index (χ1n) is 5.05. The lowest BCUT2D eigenvalue weighted by molar-refractivity contribution is -0.121. The highest BCUT2D eigenvalue weighted by atomic mass is 35.5. The molecule has 0 aliphatic heterocycles. The molecular formula is C12H11ClO. The molecule has 1 spiro atoms. The number of fused-ring (bicyclic) bond motifs is 2. The van der Waals surface area contributed by atoms with Crippen LogP contribution in [0.1, 0.15) is 30.4 Å². The molecule has 1 fully saturated rings. The van der Waals surface area contributed by atoms with Gasteiger partial charge in [-0.25, -0.2) is 0 Å².